The van der Waals surface area contributed by atoms with Crippen molar-refractivity contribution in [1.82, 2.24) is 0 Å². The highest BCUT2D eigenvalue weighted by atomic mass is 31.2. The van der Waals surface area contributed by atoms with Gasteiger partial charge in [0, 0.05) is 12.8 Å². The number of carbonyl (C=O) groups excluding carboxylic acids is 2. The summed E-state index contributed by atoms with van der Waals surface area (Å²) in [5.74, 6) is -2.47. The van der Waals surface area contributed by atoms with Crippen molar-refractivity contribution in [1.29, 1.82) is 0 Å². The number of ether oxygens (including phenoxy) is 2. The number of carbonyl (C=O) groups is 3. The van der Waals surface area contributed by atoms with Gasteiger partial charge in [0.2, 0.25) is 0 Å². The fourth-order valence-corrected chi connectivity index (χ4v) is 6.12. The Hall–Kier alpha value is -2.82. The van der Waals surface area contributed by atoms with Crippen LogP contribution in [0.15, 0.2) is 60.8 Å². The molecule has 0 aromatic rings. The van der Waals surface area contributed by atoms with E-state index in [0.717, 1.165) is 64.2 Å². The summed E-state index contributed by atoms with van der Waals surface area (Å²) >= 11 is 0. The van der Waals surface area contributed by atoms with E-state index >= 15 is 0 Å². The number of carboxylic acid groups (broad SMARTS) is 1. The standard InChI is InChI=1S/C44H76NO10P/c1-3-5-7-9-11-13-15-17-19-20-22-23-25-27-29-31-33-35-42(46)52-37-40(38-53-56(50,51)54-39-41(45)44(48)49)55-43(47)36-34-32-30-28-26-24-21-18-16-14-12-10-8-6-4-2/h12,14,17-19,21-23,27,29,40-41H,3-11,13,15-16,20,24-26,28,30-39,45H2,1-2H3,(H,48,49)(H,50,51)/b14-12+,19-17+,21-18+,23-22+,29-27+/t40-,41+/m1/s1. The van der Waals surface area contributed by atoms with Gasteiger partial charge in [0.25, 0.3) is 0 Å². The largest absolute Gasteiger partial charge is 0.480 e. The molecule has 322 valence electrons. The first-order valence-electron chi connectivity index (χ1n) is 21.3. The second-order valence-electron chi connectivity index (χ2n) is 14.1. The van der Waals surface area contributed by atoms with Gasteiger partial charge in [0.1, 0.15) is 12.6 Å². The van der Waals surface area contributed by atoms with E-state index in [-0.39, 0.29) is 19.4 Å². The Bertz CT molecular complexity index is 1180. The van der Waals surface area contributed by atoms with Gasteiger partial charge in [-0.2, -0.15) is 0 Å². The first-order chi connectivity index (χ1) is 27.1. The molecular weight excluding hydrogens is 733 g/mol. The van der Waals surface area contributed by atoms with Gasteiger partial charge in [-0.25, -0.2) is 4.57 Å². The lowest BCUT2D eigenvalue weighted by Crippen LogP contribution is -2.34. The Morgan fingerprint density at radius 2 is 0.964 bits per heavy atom. The van der Waals surface area contributed by atoms with Crippen molar-refractivity contribution in [2.45, 2.75) is 180 Å². The molecular formula is C44H76NO10P. The normalized spacial score (nSPS) is 14.4. The third-order valence-corrected chi connectivity index (χ3v) is 9.69. The third kappa shape index (κ3) is 38.1. The maximum absolute atomic E-state index is 12.6. The monoisotopic (exact) mass is 810 g/mol. The van der Waals surface area contributed by atoms with Crippen molar-refractivity contribution < 1.29 is 47.5 Å². The molecule has 3 atom stereocenters. The summed E-state index contributed by atoms with van der Waals surface area (Å²) in [6, 6.07) is -1.53. The SMILES string of the molecule is CCCCC/C=C/C/C=C/CCCCCCCC(=O)O[C@H](COC(=O)CCC/C=C/C/C=C/C/C=C/CCCCCCCC)COP(=O)(O)OC[C@H](N)C(=O)O. The summed E-state index contributed by atoms with van der Waals surface area (Å²) in [6.07, 6.45) is 44.3. The van der Waals surface area contributed by atoms with E-state index in [1.165, 1.54) is 57.8 Å². The predicted octanol–water partition coefficient (Wildman–Crippen LogP) is 11.2. The molecule has 11 nitrogen and oxygen atoms in total. The molecule has 0 aliphatic carbocycles. The fourth-order valence-electron chi connectivity index (χ4n) is 5.34. The number of rotatable bonds is 39. The Morgan fingerprint density at radius 3 is 1.50 bits per heavy atom. The zero-order valence-corrected chi connectivity index (χ0v) is 35.6. The molecule has 0 heterocycles. The number of nitrogens with two attached hydrogens (primary N) is 1. The molecule has 0 aromatic heterocycles. The lowest BCUT2D eigenvalue weighted by molar-refractivity contribution is -0.161. The van der Waals surface area contributed by atoms with E-state index in [0.29, 0.717) is 19.3 Å². The van der Waals surface area contributed by atoms with Crippen LogP contribution in [0.2, 0.25) is 0 Å². The van der Waals surface area contributed by atoms with Crippen LogP contribution < -0.4 is 5.73 Å². The first kappa shape index (κ1) is 53.2. The molecule has 0 aliphatic heterocycles. The van der Waals surface area contributed by atoms with Crippen LogP contribution in [0.5, 0.6) is 0 Å². The van der Waals surface area contributed by atoms with E-state index < -0.39 is 51.1 Å². The summed E-state index contributed by atoms with van der Waals surface area (Å²) in [4.78, 5) is 45.9. The zero-order chi connectivity index (χ0) is 41.4. The fraction of sp³-hybridized carbons (Fsp3) is 0.705. The number of allylic oxidation sites excluding steroid dienone is 10. The van der Waals surface area contributed by atoms with Gasteiger partial charge in [-0.3, -0.25) is 23.4 Å². The van der Waals surface area contributed by atoms with Gasteiger partial charge in [-0.1, -0.05) is 139 Å². The highest BCUT2D eigenvalue weighted by molar-refractivity contribution is 7.47. The second-order valence-corrected chi connectivity index (χ2v) is 15.6. The van der Waals surface area contributed by atoms with Crippen LogP contribution in [0.25, 0.3) is 0 Å². The number of hydrogen-bond acceptors (Lipinski definition) is 9. The van der Waals surface area contributed by atoms with Crippen LogP contribution in [0.4, 0.5) is 0 Å². The predicted molar refractivity (Wildman–Crippen MR) is 226 cm³/mol. The molecule has 12 heteroatoms. The van der Waals surface area contributed by atoms with Gasteiger partial charge in [-0.15, -0.1) is 0 Å². The van der Waals surface area contributed by atoms with Crippen molar-refractivity contribution in [3.05, 3.63) is 60.8 Å². The summed E-state index contributed by atoms with van der Waals surface area (Å²) in [5, 5.41) is 8.88. The lowest BCUT2D eigenvalue weighted by atomic mass is 10.1. The van der Waals surface area contributed by atoms with Gasteiger partial charge in [-0.05, 0) is 77.0 Å². The van der Waals surface area contributed by atoms with Crippen LogP contribution in [0, 0.1) is 0 Å². The molecule has 1 unspecified atom stereocenters. The molecule has 0 radical (unpaired) electrons. The quantitative estimate of drug-likeness (QED) is 0.0233. The number of unbranched alkanes of at least 4 members (excludes halogenated alkanes) is 15. The number of phosphoric acid groups is 1. The maximum Gasteiger partial charge on any atom is 0.472 e. The highest BCUT2D eigenvalue weighted by Crippen LogP contribution is 2.43. The maximum atomic E-state index is 12.6. The number of esters is 2. The van der Waals surface area contributed by atoms with Crippen LogP contribution in [-0.4, -0.2) is 59.9 Å². The zero-order valence-electron chi connectivity index (χ0n) is 34.7. The van der Waals surface area contributed by atoms with E-state index in [9.17, 15) is 23.8 Å². The number of carboxylic acids is 1. The Morgan fingerprint density at radius 1 is 0.554 bits per heavy atom. The lowest BCUT2D eigenvalue weighted by Gasteiger charge is -2.20. The Labute approximate surface area is 338 Å². The summed E-state index contributed by atoms with van der Waals surface area (Å²) in [7, 11) is -4.73. The molecule has 0 amide bonds. The van der Waals surface area contributed by atoms with Crippen LogP contribution in [-0.2, 0) is 37.5 Å². The van der Waals surface area contributed by atoms with Crippen LogP contribution in [0.1, 0.15) is 168 Å². The molecule has 0 aliphatic rings. The van der Waals surface area contributed by atoms with E-state index in [4.69, 9.17) is 24.8 Å². The van der Waals surface area contributed by atoms with Gasteiger partial charge >= 0.3 is 25.7 Å². The summed E-state index contributed by atoms with van der Waals surface area (Å²) in [6.45, 7) is 2.69. The average molecular weight is 810 g/mol. The topological polar surface area (TPSA) is 172 Å². The minimum atomic E-state index is -4.73. The minimum absolute atomic E-state index is 0.132. The van der Waals surface area contributed by atoms with Crippen LogP contribution >= 0.6 is 7.82 Å². The molecule has 0 saturated carbocycles. The molecule has 0 spiro atoms. The average Bonchev–Trinajstić information content (AvgIpc) is 3.17. The molecule has 0 aromatic carbocycles. The van der Waals surface area contributed by atoms with Crippen molar-refractivity contribution in [2.75, 3.05) is 19.8 Å². The number of phosphoric ester groups is 1. The van der Waals surface area contributed by atoms with Crippen LogP contribution in [0.3, 0.4) is 0 Å². The Balaban J connectivity index is 4.50. The number of aliphatic carboxylic acids is 1. The third-order valence-electron chi connectivity index (χ3n) is 8.74. The summed E-state index contributed by atoms with van der Waals surface area (Å²) < 4.78 is 32.6. The van der Waals surface area contributed by atoms with Gasteiger partial charge in [0.15, 0.2) is 6.10 Å². The summed E-state index contributed by atoms with van der Waals surface area (Å²) in [5.41, 5.74) is 5.32. The molecule has 0 rings (SSSR count). The van der Waals surface area contributed by atoms with Gasteiger partial charge in [0.05, 0.1) is 13.2 Å². The first-order valence-corrected chi connectivity index (χ1v) is 22.8. The van der Waals surface area contributed by atoms with Crippen molar-refractivity contribution >= 4 is 25.7 Å². The van der Waals surface area contributed by atoms with E-state index in [1.54, 1.807) is 0 Å². The van der Waals surface area contributed by atoms with Crippen molar-refractivity contribution in [2.24, 2.45) is 5.73 Å². The molecule has 4 N–H and O–H groups in total. The molecule has 56 heavy (non-hydrogen) atoms. The smallest absolute Gasteiger partial charge is 0.472 e. The second kappa shape index (κ2) is 39.0. The molecule has 0 saturated heterocycles. The van der Waals surface area contributed by atoms with E-state index in [2.05, 4.69) is 73.1 Å². The highest BCUT2D eigenvalue weighted by Gasteiger charge is 2.28. The van der Waals surface area contributed by atoms with E-state index in [1.807, 2.05) is 6.08 Å². The van der Waals surface area contributed by atoms with Crippen molar-refractivity contribution in [3.63, 3.8) is 0 Å². The van der Waals surface area contributed by atoms with Crippen molar-refractivity contribution in [3.8, 4) is 0 Å². The van der Waals surface area contributed by atoms with Gasteiger partial charge < -0.3 is 25.2 Å². The number of hydrogen-bond donors (Lipinski definition) is 3. The molecule has 0 bridgehead atoms. The Kier molecular flexibility index (Phi) is 37.1. The molecule has 0 fully saturated rings. The minimum Gasteiger partial charge on any atom is -0.480 e.